The second-order valence-corrected chi connectivity index (χ2v) is 4.92. The van der Waals surface area contributed by atoms with Gasteiger partial charge in [-0.3, -0.25) is 0 Å². The van der Waals surface area contributed by atoms with Crippen molar-refractivity contribution in [1.82, 2.24) is 5.32 Å². The monoisotopic (exact) mass is 217 g/mol. The van der Waals surface area contributed by atoms with Gasteiger partial charge in [-0.1, -0.05) is 31.2 Å². The van der Waals surface area contributed by atoms with Gasteiger partial charge in [0.1, 0.15) is 0 Å². The van der Waals surface area contributed by atoms with Gasteiger partial charge in [0.05, 0.1) is 0 Å². The van der Waals surface area contributed by atoms with Crippen LogP contribution in [0.5, 0.6) is 0 Å². The van der Waals surface area contributed by atoms with Gasteiger partial charge in [-0.25, -0.2) is 0 Å². The Morgan fingerprint density at radius 2 is 1.81 bits per heavy atom. The molecular weight excluding hydrogens is 194 g/mol. The largest absolute Gasteiger partial charge is 0.317 e. The smallest absolute Gasteiger partial charge is 0.00462 e. The molecule has 1 saturated heterocycles. The summed E-state index contributed by atoms with van der Waals surface area (Å²) in [6, 6.07) is 9.20. The molecule has 1 fully saturated rings. The van der Waals surface area contributed by atoms with Gasteiger partial charge in [0.15, 0.2) is 0 Å². The van der Waals surface area contributed by atoms with Crippen LogP contribution in [-0.2, 0) is 12.8 Å². The molecule has 1 N–H and O–H groups in total. The van der Waals surface area contributed by atoms with Crippen molar-refractivity contribution in [3.8, 4) is 0 Å². The zero-order chi connectivity index (χ0) is 11.2. The lowest BCUT2D eigenvalue weighted by atomic mass is 9.92. The fraction of sp³-hybridized carbons (Fsp3) is 0.600. The molecule has 1 nitrogen and oxygen atoms in total. The lowest BCUT2D eigenvalue weighted by molar-refractivity contribution is 0.470. The van der Waals surface area contributed by atoms with Gasteiger partial charge in [0.25, 0.3) is 0 Å². The summed E-state index contributed by atoms with van der Waals surface area (Å²) in [5.74, 6) is 0.891. The predicted molar refractivity (Wildman–Crippen MR) is 69.7 cm³/mol. The van der Waals surface area contributed by atoms with E-state index in [1.54, 1.807) is 0 Å². The first-order valence-corrected chi connectivity index (χ1v) is 6.67. The van der Waals surface area contributed by atoms with E-state index >= 15 is 0 Å². The van der Waals surface area contributed by atoms with Crippen molar-refractivity contribution >= 4 is 0 Å². The molecule has 0 bridgehead atoms. The van der Waals surface area contributed by atoms with Crippen molar-refractivity contribution in [3.05, 3.63) is 35.4 Å². The van der Waals surface area contributed by atoms with E-state index in [4.69, 9.17) is 0 Å². The number of rotatable bonds is 3. The van der Waals surface area contributed by atoms with E-state index in [0.717, 1.165) is 12.3 Å². The first kappa shape index (κ1) is 11.7. The minimum atomic E-state index is 0.891. The highest BCUT2D eigenvalue weighted by Gasteiger charge is 2.12. The molecular formula is C15H23N. The van der Waals surface area contributed by atoms with Crippen molar-refractivity contribution in [2.24, 2.45) is 5.92 Å². The second-order valence-electron chi connectivity index (χ2n) is 4.92. The number of hydrogen-bond donors (Lipinski definition) is 1. The highest BCUT2D eigenvalue weighted by molar-refractivity contribution is 5.22. The Bertz CT molecular complexity index is 294. The second kappa shape index (κ2) is 6.05. The number of benzene rings is 1. The normalized spacial score (nSPS) is 21.7. The number of hydrogen-bond acceptors (Lipinski definition) is 1. The maximum Gasteiger partial charge on any atom is -0.00462 e. The topological polar surface area (TPSA) is 12.0 Å². The molecule has 1 atom stereocenters. The highest BCUT2D eigenvalue weighted by Crippen LogP contribution is 2.19. The standard InChI is InChI=1S/C15H23N/c1-2-13-5-7-15(8-6-13)12-14-4-3-10-16-11-9-14/h5-8,14,16H,2-4,9-12H2,1H3. The third-order valence-electron chi connectivity index (χ3n) is 3.65. The van der Waals surface area contributed by atoms with E-state index in [9.17, 15) is 0 Å². The molecule has 0 spiro atoms. The summed E-state index contributed by atoms with van der Waals surface area (Å²) in [5, 5.41) is 3.48. The average molecular weight is 217 g/mol. The lowest BCUT2D eigenvalue weighted by Gasteiger charge is -2.13. The molecule has 1 heteroatoms. The molecule has 0 aromatic heterocycles. The summed E-state index contributed by atoms with van der Waals surface area (Å²) in [6.07, 6.45) is 6.50. The Labute approximate surface area is 99.3 Å². The number of aryl methyl sites for hydroxylation is 1. The van der Waals surface area contributed by atoms with E-state index in [-0.39, 0.29) is 0 Å². The Kier molecular flexibility index (Phi) is 4.41. The van der Waals surface area contributed by atoms with Crippen molar-refractivity contribution in [1.29, 1.82) is 0 Å². The molecule has 1 aromatic rings. The molecule has 1 unspecified atom stereocenters. The summed E-state index contributed by atoms with van der Waals surface area (Å²) >= 11 is 0. The van der Waals surface area contributed by atoms with E-state index in [1.807, 2.05) is 0 Å². The maximum absolute atomic E-state index is 3.48. The minimum absolute atomic E-state index is 0.891. The van der Waals surface area contributed by atoms with Gasteiger partial charge >= 0.3 is 0 Å². The van der Waals surface area contributed by atoms with Gasteiger partial charge in [-0.2, -0.15) is 0 Å². The molecule has 1 aromatic carbocycles. The van der Waals surface area contributed by atoms with E-state index in [0.29, 0.717) is 0 Å². The zero-order valence-electron chi connectivity index (χ0n) is 10.3. The predicted octanol–water partition coefficient (Wildman–Crippen LogP) is 3.18. The molecule has 0 saturated carbocycles. The van der Waals surface area contributed by atoms with Gasteiger partial charge in [-0.15, -0.1) is 0 Å². The molecule has 1 aliphatic heterocycles. The average Bonchev–Trinajstić information content (AvgIpc) is 2.59. The Morgan fingerprint density at radius 1 is 1.06 bits per heavy atom. The highest BCUT2D eigenvalue weighted by atomic mass is 14.8. The number of nitrogens with one attached hydrogen (secondary N) is 1. The molecule has 2 rings (SSSR count). The van der Waals surface area contributed by atoms with Crippen molar-refractivity contribution in [2.75, 3.05) is 13.1 Å². The first-order chi connectivity index (χ1) is 7.88. The Hall–Kier alpha value is -0.820. The van der Waals surface area contributed by atoms with Crippen molar-refractivity contribution < 1.29 is 0 Å². The van der Waals surface area contributed by atoms with Gasteiger partial charge < -0.3 is 5.32 Å². The van der Waals surface area contributed by atoms with Gasteiger partial charge in [-0.05, 0) is 62.2 Å². The fourth-order valence-electron chi connectivity index (χ4n) is 2.54. The first-order valence-electron chi connectivity index (χ1n) is 6.67. The summed E-state index contributed by atoms with van der Waals surface area (Å²) in [5.41, 5.74) is 2.97. The molecule has 1 aliphatic rings. The van der Waals surface area contributed by atoms with Gasteiger partial charge in [0.2, 0.25) is 0 Å². The molecule has 0 radical (unpaired) electrons. The quantitative estimate of drug-likeness (QED) is 0.820. The molecule has 88 valence electrons. The van der Waals surface area contributed by atoms with Crippen molar-refractivity contribution in [2.45, 2.75) is 39.0 Å². The van der Waals surface area contributed by atoms with Crippen LogP contribution in [-0.4, -0.2) is 13.1 Å². The molecule has 1 heterocycles. The Balaban J connectivity index is 1.91. The summed E-state index contributed by atoms with van der Waals surface area (Å²) < 4.78 is 0. The molecule has 16 heavy (non-hydrogen) atoms. The maximum atomic E-state index is 3.48. The van der Waals surface area contributed by atoms with Gasteiger partial charge in [0, 0.05) is 0 Å². The van der Waals surface area contributed by atoms with Crippen LogP contribution < -0.4 is 5.32 Å². The minimum Gasteiger partial charge on any atom is -0.317 e. The molecule has 0 amide bonds. The van der Waals surface area contributed by atoms with Crippen LogP contribution in [0, 0.1) is 5.92 Å². The zero-order valence-corrected chi connectivity index (χ0v) is 10.3. The van der Waals surface area contributed by atoms with E-state index in [2.05, 4.69) is 36.5 Å². The summed E-state index contributed by atoms with van der Waals surface area (Å²) in [4.78, 5) is 0. The van der Waals surface area contributed by atoms with Crippen molar-refractivity contribution in [3.63, 3.8) is 0 Å². The summed E-state index contributed by atoms with van der Waals surface area (Å²) in [7, 11) is 0. The molecule has 0 aliphatic carbocycles. The lowest BCUT2D eigenvalue weighted by Crippen LogP contribution is -2.14. The summed E-state index contributed by atoms with van der Waals surface area (Å²) in [6.45, 7) is 4.63. The van der Waals surface area contributed by atoms with Crippen LogP contribution in [0.3, 0.4) is 0 Å². The van der Waals surface area contributed by atoms with Crippen LogP contribution in [0.15, 0.2) is 24.3 Å². The van der Waals surface area contributed by atoms with Crippen LogP contribution in [0.1, 0.15) is 37.3 Å². The van der Waals surface area contributed by atoms with Crippen LogP contribution in [0.4, 0.5) is 0 Å². The van der Waals surface area contributed by atoms with Crippen LogP contribution in [0.25, 0.3) is 0 Å². The third-order valence-corrected chi connectivity index (χ3v) is 3.65. The van der Waals surface area contributed by atoms with E-state index in [1.165, 1.54) is 49.9 Å². The van der Waals surface area contributed by atoms with Crippen LogP contribution >= 0.6 is 0 Å². The van der Waals surface area contributed by atoms with Crippen LogP contribution in [0.2, 0.25) is 0 Å². The third kappa shape index (κ3) is 3.34. The Morgan fingerprint density at radius 3 is 2.56 bits per heavy atom. The fourth-order valence-corrected chi connectivity index (χ4v) is 2.54. The van der Waals surface area contributed by atoms with E-state index < -0.39 is 0 Å². The SMILES string of the molecule is CCc1ccc(CC2CCCNCC2)cc1.